The predicted molar refractivity (Wildman–Crippen MR) is 125 cm³/mol. The summed E-state index contributed by atoms with van der Waals surface area (Å²) in [5.41, 5.74) is 8.24. The summed E-state index contributed by atoms with van der Waals surface area (Å²) < 4.78 is 4.27. The third-order valence-electron chi connectivity index (χ3n) is 4.61. The number of nitrogens with zero attached hydrogens (tertiary/aromatic N) is 6. The van der Waals surface area contributed by atoms with E-state index < -0.39 is 0 Å². The molecule has 31 heavy (non-hydrogen) atoms. The van der Waals surface area contributed by atoms with Crippen molar-refractivity contribution < 1.29 is 0 Å². The third-order valence-corrected chi connectivity index (χ3v) is 6.04. The predicted octanol–water partition coefficient (Wildman–Crippen LogP) is 3.30. The number of fused-ring (bicyclic) bond motifs is 1. The summed E-state index contributed by atoms with van der Waals surface area (Å²) >= 11 is 6.58. The lowest BCUT2D eigenvalue weighted by molar-refractivity contribution is 0.700. The third kappa shape index (κ3) is 4.23. The normalized spacial score (nSPS) is 11.0. The first kappa shape index (κ1) is 20.8. The summed E-state index contributed by atoms with van der Waals surface area (Å²) in [4.78, 5) is 30.2. The molecule has 0 fully saturated rings. The highest BCUT2D eigenvalue weighted by Gasteiger charge is 2.13. The van der Waals surface area contributed by atoms with Crippen LogP contribution in [0.1, 0.15) is 18.3 Å². The van der Waals surface area contributed by atoms with Gasteiger partial charge in [-0.05, 0) is 30.3 Å². The molecule has 9 nitrogen and oxygen atoms in total. The van der Waals surface area contributed by atoms with Crippen molar-refractivity contribution in [1.82, 2.24) is 29.1 Å². The number of nitrogen functional groups attached to an aromatic ring is 1. The van der Waals surface area contributed by atoms with Gasteiger partial charge in [0.1, 0.15) is 11.0 Å². The second-order valence-corrected chi connectivity index (χ2v) is 8.31. The highest BCUT2D eigenvalue weighted by atomic mass is 32.1. The molecule has 0 amide bonds. The highest BCUT2D eigenvalue weighted by molar-refractivity contribution is 7.73. The fourth-order valence-electron chi connectivity index (χ4n) is 3.16. The van der Waals surface area contributed by atoms with E-state index in [1.165, 1.54) is 22.2 Å². The maximum atomic E-state index is 13.0. The Morgan fingerprint density at radius 2 is 2.10 bits per heavy atom. The van der Waals surface area contributed by atoms with E-state index in [4.69, 9.17) is 18.0 Å². The number of aryl methyl sites for hydroxylation is 1. The van der Waals surface area contributed by atoms with Gasteiger partial charge in [0.15, 0.2) is 15.4 Å². The Hall–Kier alpha value is -3.44. The van der Waals surface area contributed by atoms with E-state index in [1.807, 2.05) is 24.3 Å². The Balaban J connectivity index is 1.67. The number of hydrogen-bond donors (Lipinski definition) is 2. The van der Waals surface area contributed by atoms with Crippen molar-refractivity contribution in [2.24, 2.45) is 0 Å². The van der Waals surface area contributed by atoms with Crippen LogP contribution in [0.25, 0.3) is 10.3 Å². The Kier molecular flexibility index (Phi) is 5.87. The Bertz CT molecular complexity index is 1390. The fraction of sp³-hybridized carbons (Fsp3) is 0.200. The molecule has 3 N–H and O–H groups in total. The molecule has 4 rings (SSSR count). The highest BCUT2D eigenvalue weighted by Crippen LogP contribution is 2.20. The van der Waals surface area contributed by atoms with Gasteiger partial charge in [-0.1, -0.05) is 42.5 Å². The number of rotatable bonds is 7. The molecule has 3 heterocycles. The van der Waals surface area contributed by atoms with Crippen molar-refractivity contribution in [3.8, 4) is 0 Å². The molecule has 0 saturated heterocycles. The molecule has 0 bridgehead atoms. The molecule has 0 aliphatic rings. The number of allylic oxidation sites excluding steroid dienone is 1. The molecule has 0 aliphatic carbocycles. The van der Waals surface area contributed by atoms with Crippen LogP contribution in [0.4, 0.5) is 17.6 Å². The lowest BCUT2D eigenvalue weighted by Crippen LogP contribution is -2.22. The van der Waals surface area contributed by atoms with Crippen LogP contribution < -0.4 is 16.6 Å². The average molecular weight is 453 g/mol. The molecule has 0 radical (unpaired) electrons. The zero-order chi connectivity index (χ0) is 22.0. The van der Waals surface area contributed by atoms with Gasteiger partial charge >= 0.3 is 0 Å². The summed E-state index contributed by atoms with van der Waals surface area (Å²) in [6.45, 7) is 6.39. The van der Waals surface area contributed by atoms with Crippen LogP contribution in [0.5, 0.6) is 0 Å². The van der Waals surface area contributed by atoms with Gasteiger partial charge in [-0.3, -0.25) is 9.36 Å². The molecule has 1 aromatic carbocycles. The monoisotopic (exact) mass is 452 g/mol. The Labute approximate surface area is 187 Å². The summed E-state index contributed by atoms with van der Waals surface area (Å²) in [6.07, 6.45) is 4.04. The van der Waals surface area contributed by atoms with E-state index in [9.17, 15) is 4.79 Å². The van der Waals surface area contributed by atoms with E-state index in [1.54, 1.807) is 10.6 Å². The van der Waals surface area contributed by atoms with Gasteiger partial charge in [0, 0.05) is 12.2 Å². The summed E-state index contributed by atoms with van der Waals surface area (Å²) in [7, 11) is 0. The molecule has 0 spiro atoms. The second kappa shape index (κ2) is 8.74. The van der Waals surface area contributed by atoms with Gasteiger partial charge in [0.05, 0.1) is 6.54 Å². The van der Waals surface area contributed by atoms with Crippen molar-refractivity contribution in [3.63, 3.8) is 0 Å². The molecular weight excluding hydrogens is 432 g/mol. The van der Waals surface area contributed by atoms with Crippen molar-refractivity contribution in [2.75, 3.05) is 11.1 Å². The average Bonchev–Trinajstić information content (AvgIpc) is 3.07. The van der Waals surface area contributed by atoms with Crippen molar-refractivity contribution in [1.29, 1.82) is 0 Å². The molecule has 11 heteroatoms. The molecule has 0 aliphatic heterocycles. The maximum Gasteiger partial charge on any atom is 0.273 e. The van der Waals surface area contributed by atoms with Crippen LogP contribution >= 0.6 is 23.6 Å². The molecule has 0 saturated carbocycles. The van der Waals surface area contributed by atoms with Crippen molar-refractivity contribution in [2.45, 2.75) is 26.4 Å². The van der Waals surface area contributed by atoms with E-state index in [-0.39, 0.29) is 18.1 Å². The molecule has 158 valence electrons. The molecule has 0 unspecified atom stereocenters. The van der Waals surface area contributed by atoms with Gasteiger partial charge in [-0.25, -0.2) is 4.98 Å². The van der Waals surface area contributed by atoms with Crippen molar-refractivity contribution in [3.05, 3.63) is 68.9 Å². The van der Waals surface area contributed by atoms with E-state index in [0.717, 1.165) is 17.7 Å². The van der Waals surface area contributed by atoms with Gasteiger partial charge in [0.25, 0.3) is 5.56 Å². The SMILES string of the molecule is C=CCn1c(=S)sc2c(=O)n(Cc3nc(N)nc(Nc4ccccc4CC)n3)cnc21. The Morgan fingerprint density at radius 1 is 1.29 bits per heavy atom. The first-order valence-electron chi connectivity index (χ1n) is 9.55. The zero-order valence-corrected chi connectivity index (χ0v) is 18.4. The van der Waals surface area contributed by atoms with Crippen LogP contribution in [-0.4, -0.2) is 29.1 Å². The fourth-order valence-corrected chi connectivity index (χ4v) is 4.48. The molecule has 0 atom stereocenters. The number of benzene rings is 1. The van der Waals surface area contributed by atoms with Crippen LogP contribution in [0, 0.1) is 3.95 Å². The molecule has 4 aromatic rings. The second-order valence-electron chi connectivity index (χ2n) is 6.67. The van der Waals surface area contributed by atoms with Crippen molar-refractivity contribution >= 4 is 51.5 Å². The lowest BCUT2D eigenvalue weighted by atomic mass is 10.1. The topological polar surface area (TPSA) is 117 Å². The van der Waals surface area contributed by atoms with Gasteiger partial charge in [-0.15, -0.1) is 6.58 Å². The first-order valence-corrected chi connectivity index (χ1v) is 10.8. The van der Waals surface area contributed by atoms with E-state index >= 15 is 0 Å². The van der Waals surface area contributed by atoms with Crippen LogP contribution in [0.2, 0.25) is 0 Å². The van der Waals surface area contributed by atoms with Gasteiger partial charge in [0.2, 0.25) is 11.9 Å². The minimum atomic E-state index is -0.214. The number of thiazole rings is 1. The number of aromatic nitrogens is 6. The first-order chi connectivity index (χ1) is 15.0. The lowest BCUT2D eigenvalue weighted by Gasteiger charge is -2.11. The summed E-state index contributed by atoms with van der Waals surface area (Å²) in [5.74, 6) is 0.732. The molecular formula is C20H20N8OS2. The number of nitrogens with two attached hydrogens (primary N) is 1. The van der Waals surface area contributed by atoms with E-state index in [0.29, 0.717) is 32.6 Å². The van der Waals surface area contributed by atoms with Crippen LogP contribution in [0.15, 0.2) is 48.0 Å². The van der Waals surface area contributed by atoms with Gasteiger partial charge in [-0.2, -0.15) is 15.0 Å². The summed E-state index contributed by atoms with van der Waals surface area (Å²) in [5, 5.41) is 3.19. The number of para-hydroxylation sites is 1. The number of hydrogen-bond acceptors (Lipinski definition) is 9. The quantitative estimate of drug-likeness (QED) is 0.324. The summed E-state index contributed by atoms with van der Waals surface area (Å²) in [6, 6.07) is 7.88. The number of anilines is 3. The standard InChI is InChI=1S/C20H20N8OS2/c1-3-9-28-16-15(31-20(28)30)17(29)27(11-22-16)10-14-24-18(21)26-19(25-14)23-13-8-6-5-7-12(13)4-2/h3,5-8,11H,1,4,9-10H2,2H3,(H3,21,23,24,25,26). The number of nitrogens with one attached hydrogen (secondary N) is 1. The maximum absolute atomic E-state index is 13.0. The minimum Gasteiger partial charge on any atom is -0.368 e. The van der Waals surface area contributed by atoms with E-state index in [2.05, 4.69) is 38.8 Å². The van der Waals surface area contributed by atoms with Crippen LogP contribution in [0.3, 0.4) is 0 Å². The Morgan fingerprint density at radius 3 is 2.87 bits per heavy atom. The molecule has 3 aromatic heterocycles. The largest absolute Gasteiger partial charge is 0.368 e. The minimum absolute atomic E-state index is 0.0661. The smallest absolute Gasteiger partial charge is 0.273 e. The van der Waals surface area contributed by atoms with Crippen LogP contribution in [-0.2, 0) is 19.5 Å². The van der Waals surface area contributed by atoms with Gasteiger partial charge < -0.3 is 15.6 Å². The zero-order valence-electron chi connectivity index (χ0n) is 16.8.